The highest BCUT2D eigenvalue weighted by atomic mass is 16.5. The van der Waals surface area contributed by atoms with Crippen molar-refractivity contribution < 1.29 is 13.9 Å². The molecule has 2 amide bonds. The Morgan fingerprint density at radius 1 is 1.29 bits per heavy atom. The summed E-state index contributed by atoms with van der Waals surface area (Å²) in [5.74, 6) is 0.861. The molecule has 128 valence electrons. The van der Waals surface area contributed by atoms with E-state index in [1.807, 2.05) is 41.3 Å². The van der Waals surface area contributed by atoms with Crippen molar-refractivity contribution in [1.29, 1.82) is 0 Å². The molecule has 5 heteroatoms. The van der Waals surface area contributed by atoms with Gasteiger partial charge in [0.05, 0.1) is 18.9 Å². The molecule has 0 unspecified atom stereocenters. The lowest BCUT2D eigenvalue weighted by molar-refractivity contribution is 0.179. The first-order valence-corrected chi connectivity index (χ1v) is 8.47. The van der Waals surface area contributed by atoms with Gasteiger partial charge in [0.1, 0.15) is 5.76 Å². The van der Waals surface area contributed by atoms with Gasteiger partial charge >= 0.3 is 6.03 Å². The second-order valence-corrected chi connectivity index (χ2v) is 6.14. The SMILES string of the molecule is COCc1cccc(NC(=O)N2CCCCC[C@H]2c2ccco2)c1. The number of hydrogen-bond donors (Lipinski definition) is 1. The van der Waals surface area contributed by atoms with Gasteiger partial charge in [0.25, 0.3) is 0 Å². The first-order valence-electron chi connectivity index (χ1n) is 8.47. The van der Waals surface area contributed by atoms with E-state index in [1.54, 1.807) is 13.4 Å². The molecular weight excluding hydrogens is 304 g/mol. The number of furan rings is 1. The highest BCUT2D eigenvalue weighted by molar-refractivity contribution is 5.89. The van der Waals surface area contributed by atoms with E-state index in [0.29, 0.717) is 6.61 Å². The summed E-state index contributed by atoms with van der Waals surface area (Å²) in [5, 5.41) is 3.02. The van der Waals surface area contributed by atoms with Gasteiger partial charge in [-0.1, -0.05) is 25.0 Å². The maximum absolute atomic E-state index is 12.8. The van der Waals surface area contributed by atoms with Crippen molar-refractivity contribution in [3.05, 3.63) is 54.0 Å². The minimum absolute atomic E-state index is 0.00431. The molecule has 1 aliphatic rings. The highest BCUT2D eigenvalue weighted by Crippen LogP contribution is 2.31. The lowest BCUT2D eigenvalue weighted by Gasteiger charge is -2.28. The van der Waals surface area contributed by atoms with Gasteiger partial charge in [-0.15, -0.1) is 0 Å². The maximum Gasteiger partial charge on any atom is 0.322 e. The highest BCUT2D eigenvalue weighted by Gasteiger charge is 2.28. The predicted octanol–water partition coefficient (Wildman–Crippen LogP) is 4.58. The Morgan fingerprint density at radius 3 is 3.00 bits per heavy atom. The fourth-order valence-corrected chi connectivity index (χ4v) is 3.23. The third-order valence-electron chi connectivity index (χ3n) is 4.37. The maximum atomic E-state index is 12.8. The summed E-state index contributed by atoms with van der Waals surface area (Å²) in [7, 11) is 1.66. The van der Waals surface area contributed by atoms with Crippen LogP contribution in [0, 0.1) is 0 Å². The number of hydrogen-bond acceptors (Lipinski definition) is 3. The van der Waals surface area contributed by atoms with Crippen LogP contribution in [0.15, 0.2) is 47.1 Å². The summed E-state index contributed by atoms with van der Waals surface area (Å²) in [6.45, 7) is 1.28. The minimum Gasteiger partial charge on any atom is -0.467 e. The monoisotopic (exact) mass is 328 g/mol. The molecule has 24 heavy (non-hydrogen) atoms. The third-order valence-corrected chi connectivity index (χ3v) is 4.37. The van der Waals surface area contributed by atoms with Crippen molar-refractivity contribution in [1.82, 2.24) is 4.90 Å². The topological polar surface area (TPSA) is 54.7 Å². The van der Waals surface area contributed by atoms with Gasteiger partial charge < -0.3 is 19.4 Å². The number of carbonyl (C=O) groups excluding carboxylic acids is 1. The molecule has 2 aromatic rings. The standard InChI is InChI=1S/C19H24N2O3/c1-23-14-15-7-5-8-16(13-15)20-19(22)21-11-4-2-3-9-17(21)18-10-6-12-24-18/h5-8,10,12-13,17H,2-4,9,11,14H2,1H3,(H,20,22)/t17-/m0/s1. The van der Waals surface area contributed by atoms with Crippen LogP contribution >= 0.6 is 0 Å². The Balaban J connectivity index is 1.75. The molecule has 1 fully saturated rings. The van der Waals surface area contributed by atoms with Crippen LogP contribution in [0.1, 0.15) is 43.0 Å². The minimum atomic E-state index is -0.0760. The van der Waals surface area contributed by atoms with Crippen LogP contribution in [-0.4, -0.2) is 24.6 Å². The van der Waals surface area contributed by atoms with Crippen molar-refractivity contribution >= 4 is 11.7 Å². The molecule has 0 spiro atoms. The molecule has 2 heterocycles. The number of nitrogens with zero attached hydrogens (tertiary/aromatic N) is 1. The average molecular weight is 328 g/mol. The molecule has 0 bridgehead atoms. The van der Waals surface area contributed by atoms with Gasteiger partial charge in [-0.25, -0.2) is 4.79 Å². The molecule has 1 atom stereocenters. The molecule has 5 nitrogen and oxygen atoms in total. The number of carbonyl (C=O) groups is 1. The van der Waals surface area contributed by atoms with Crippen LogP contribution in [0.4, 0.5) is 10.5 Å². The lowest BCUT2D eigenvalue weighted by Crippen LogP contribution is -2.37. The number of benzene rings is 1. The van der Waals surface area contributed by atoms with Gasteiger partial charge in [0.2, 0.25) is 0 Å². The number of amides is 2. The summed E-state index contributed by atoms with van der Waals surface area (Å²) in [5.41, 5.74) is 1.82. The van der Waals surface area contributed by atoms with Gasteiger partial charge in [-0.05, 0) is 42.7 Å². The van der Waals surface area contributed by atoms with E-state index in [9.17, 15) is 4.79 Å². The number of ether oxygens (including phenoxy) is 1. The molecule has 0 saturated carbocycles. The van der Waals surface area contributed by atoms with Crippen LogP contribution < -0.4 is 5.32 Å². The smallest absolute Gasteiger partial charge is 0.322 e. The van der Waals surface area contributed by atoms with Crippen molar-refractivity contribution in [2.75, 3.05) is 19.0 Å². The molecule has 1 N–H and O–H groups in total. The zero-order chi connectivity index (χ0) is 16.8. The second-order valence-electron chi connectivity index (χ2n) is 6.14. The van der Waals surface area contributed by atoms with Crippen molar-refractivity contribution in [2.45, 2.75) is 38.3 Å². The Labute approximate surface area is 142 Å². The normalized spacial score (nSPS) is 18.2. The van der Waals surface area contributed by atoms with E-state index in [4.69, 9.17) is 9.15 Å². The van der Waals surface area contributed by atoms with Crippen LogP contribution in [0.3, 0.4) is 0 Å². The van der Waals surface area contributed by atoms with Crippen molar-refractivity contribution in [3.8, 4) is 0 Å². The molecular formula is C19H24N2O3. The number of rotatable bonds is 4. The molecule has 1 aliphatic heterocycles. The molecule has 1 aromatic carbocycles. The van der Waals surface area contributed by atoms with Crippen molar-refractivity contribution in [2.24, 2.45) is 0 Å². The van der Waals surface area contributed by atoms with E-state index < -0.39 is 0 Å². The average Bonchev–Trinajstić information content (AvgIpc) is 2.99. The second kappa shape index (κ2) is 8.02. The Bertz CT molecular complexity index is 654. The first kappa shape index (κ1) is 16.6. The number of likely N-dealkylation sites (tertiary alicyclic amines) is 1. The van der Waals surface area contributed by atoms with Crippen LogP contribution in [0.5, 0.6) is 0 Å². The number of nitrogens with one attached hydrogen (secondary N) is 1. The van der Waals surface area contributed by atoms with E-state index in [2.05, 4.69) is 5.32 Å². The van der Waals surface area contributed by atoms with Crippen LogP contribution in [0.2, 0.25) is 0 Å². The largest absolute Gasteiger partial charge is 0.467 e. The fourth-order valence-electron chi connectivity index (χ4n) is 3.23. The van der Waals surface area contributed by atoms with Crippen LogP contribution in [-0.2, 0) is 11.3 Å². The van der Waals surface area contributed by atoms with Crippen LogP contribution in [0.25, 0.3) is 0 Å². The van der Waals surface area contributed by atoms with E-state index in [-0.39, 0.29) is 12.1 Å². The zero-order valence-electron chi connectivity index (χ0n) is 14.0. The van der Waals surface area contributed by atoms with Gasteiger partial charge in [-0.2, -0.15) is 0 Å². The van der Waals surface area contributed by atoms with Gasteiger partial charge in [0.15, 0.2) is 0 Å². The predicted molar refractivity (Wildman–Crippen MR) is 92.8 cm³/mol. The quantitative estimate of drug-likeness (QED) is 0.894. The molecule has 0 aliphatic carbocycles. The Morgan fingerprint density at radius 2 is 2.21 bits per heavy atom. The summed E-state index contributed by atoms with van der Waals surface area (Å²) in [4.78, 5) is 14.7. The molecule has 0 radical (unpaired) electrons. The van der Waals surface area contributed by atoms with Gasteiger partial charge in [0, 0.05) is 19.3 Å². The van der Waals surface area contributed by atoms with E-state index in [1.165, 1.54) is 0 Å². The Hall–Kier alpha value is -2.27. The van der Waals surface area contributed by atoms with E-state index in [0.717, 1.165) is 49.2 Å². The van der Waals surface area contributed by atoms with Crippen molar-refractivity contribution in [3.63, 3.8) is 0 Å². The molecule has 3 rings (SSSR count). The third kappa shape index (κ3) is 3.97. The lowest BCUT2D eigenvalue weighted by atomic mass is 10.1. The zero-order valence-corrected chi connectivity index (χ0v) is 14.0. The summed E-state index contributed by atoms with van der Waals surface area (Å²) >= 11 is 0. The van der Waals surface area contributed by atoms with Gasteiger partial charge in [-0.3, -0.25) is 0 Å². The van der Waals surface area contributed by atoms with E-state index >= 15 is 0 Å². The number of methoxy groups -OCH3 is 1. The Kier molecular flexibility index (Phi) is 5.54. The summed E-state index contributed by atoms with van der Waals surface area (Å²) in [6, 6.07) is 11.5. The summed E-state index contributed by atoms with van der Waals surface area (Å²) in [6.07, 6.45) is 5.88. The summed E-state index contributed by atoms with van der Waals surface area (Å²) < 4.78 is 10.7. The number of urea groups is 1. The molecule has 1 aromatic heterocycles. The number of anilines is 1. The molecule has 1 saturated heterocycles. The first-order chi connectivity index (χ1) is 11.8. The fraction of sp³-hybridized carbons (Fsp3) is 0.421.